The van der Waals surface area contributed by atoms with Gasteiger partial charge in [-0.25, -0.2) is 9.97 Å². The molecule has 0 fully saturated rings. The second kappa shape index (κ2) is 3.77. The summed E-state index contributed by atoms with van der Waals surface area (Å²) >= 11 is 8.02. The molecule has 0 aliphatic heterocycles. The Labute approximate surface area is 98.4 Å². The Balaban J connectivity index is 2.57. The van der Waals surface area contributed by atoms with Crippen LogP contribution in [-0.4, -0.2) is 25.4 Å². The number of halogens is 2. The van der Waals surface area contributed by atoms with Crippen molar-refractivity contribution in [2.75, 3.05) is 0 Å². The standard InChI is InChI=1S/C7H5ClIN5/c1-3-5(9)6(8)12-7(11-3)4-2-10-14-13-4/h2H,1H3,(H,10,13,14). The highest BCUT2D eigenvalue weighted by Gasteiger charge is 2.10. The maximum atomic E-state index is 5.92. The van der Waals surface area contributed by atoms with E-state index in [1.54, 1.807) is 6.20 Å². The second-order valence-corrected chi connectivity index (χ2v) is 4.03. The summed E-state index contributed by atoms with van der Waals surface area (Å²) in [6, 6.07) is 0. The van der Waals surface area contributed by atoms with E-state index >= 15 is 0 Å². The van der Waals surface area contributed by atoms with Crippen LogP contribution in [0.5, 0.6) is 0 Å². The maximum Gasteiger partial charge on any atom is 0.183 e. The molecule has 5 nitrogen and oxygen atoms in total. The zero-order valence-electron chi connectivity index (χ0n) is 7.12. The van der Waals surface area contributed by atoms with E-state index in [2.05, 4.69) is 48.0 Å². The van der Waals surface area contributed by atoms with Crippen molar-refractivity contribution in [3.8, 4) is 11.5 Å². The van der Waals surface area contributed by atoms with Crippen molar-refractivity contribution in [2.45, 2.75) is 6.92 Å². The number of H-pyrrole nitrogens is 1. The molecule has 0 saturated carbocycles. The van der Waals surface area contributed by atoms with Gasteiger partial charge in [-0.05, 0) is 29.5 Å². The molecule has 0 aromatic carbocycles. The molecular weight excluding hydrogens is 316 g/mol. The van der Waals surface area contributed by atoms with Crippen LogP contribution in [0.25, 0.3) is 11.5 Å². The van der Waals surface area contributed by atoms with Crippen LogP contribution in [0.15, 0.2) is 6.20 Å². The van der Waals surface area contributed by atoms with Gasteiger partial charge < -0.3 is 0 Å². The number of hydrogen-bond acceptors (Lipinski definition) is 4. The first-order valence-electron chi connectivity index (χ1n) is 3.74. The highest BCUT2D eigenvalue weighted by Crippen LogP contribution is 2.21. The first kappa shape index (κ1) is 9.78. The van der Waals surface area contributed by atoms with Crippen LogP contribution in [0.3, 0.4) is 0 Å². The summed E-state index contributed by atoms with van der Waals surface area (Å²) in [5, 5.41) is 10.5. The summed E-state index contributed by atoms with van der Waals surface area (Å²) in [6.07, 6.45) is 1.55. The zero-order valence-corrected chi connectivity index (χ0v) is 10.0. The molecule has 0 saturated heterocycles. The van der Waals surface area contributed by atoms with Crippen molar-refractivity contribution in [3.63, 3.8) is 0 Å². The third kappa shape index (κ3) is 1.71. The lowest BCUT2D eigenvalue weighted by atomic mass is 10.4. The zero-order chi connectivity index (χ0) is 10.1. The van der Waals surface area contributed by atoms with E-state index in [9.17, 15) is 0 Å². The van der Waals surface area contributed by atoms with Crippen LogP contribution in [0.2, 0.25) is 5.15 Å². The van der Waals surface area contributed by atoms with Crippen molar-refractivity contribution in [3.05, 3.63) is 20.6 Å². The summed E-state index contributed by atoms with van der Waals surface area (Å²) in [4.78, 5) is 8.35. The Hall–Kier alpha value is -0.760. The third-order valence-corrected chi connectivity index (χ3v) is 3.50. The summed E-state index contributed by atoms with van der Waals surface area (Å²) in [6.45, 7) is 1.87. The summed E-state index contributed by atoms with van der Waals surface area (Å²) in [5.41, 5.74) is 1.43. The molecule has 7 heteroatoms. The van der Waals surface area contributed by atoms with Gasteiger partial charge in [0.15, 0.2) is 5.82 Å². The van der Waals surface area contributed by atoms with Crippen LogP contribution in [0.1, 0.15) is 5.69 Å². The van der Waals surface area contributed by atoms with E-state index in [0.717, 1.165) is 9.26 Å². The maximum absolute atomic E-state index is 5.92. The van der Waals surface area contributed by atoms with Gasteiger partial charge in [0.2, 0.25) is 0 Å². The monoisotopic (exact) mass is 321 g/mol. The van der Waals surface area contributed by atoms with Gasteiger partial charge in [-0.2, -0.15) is 15.4 Å². The number of nitrogens with one attached hydrogen (secondary N) is 1. The lowest BCUT2D eigenvalue weighted by Gasteiger charge is -2.01. The van der Waals surface area contributed by atoms with Crippen molar-refractivity contribution in [2.24, 2.45) is 0 Å². The van der Waals surface area contributed by atoms with Gasteiger partial charge in [0, 0.05) is 0 Å². The van der Waals surface area contributed by atoms with Gasteiger partial charge in [-0.15, -0.1) is 0 Å². The Morgan fingerprint density at radius 3 is 2.79 bits per heavy atom. The Morgan fingerprint density at radius 2 is 2.21 bits per heavy atom. The SMILES string of the molecule is Cc1nc(-c2cn[nH]n2)nc(Cl)c1I. The number of rotatable bonds is 1. The molecule has 2 heterocycles. The predicted molar refractivity (Wildman–Crippen MR) is 59.9 cm³/mol. The van der Waals surface area contributed by atoms with Gasteiger partial charge in [-0.3, -0.25) is 0 Å². The summed E-state index contributed by atoms with van der Waals surface area (Å²) < 4.78 is 0.858. The highest BCUT2D eigenvalue weighted by atomic mass is 127. The van der Waals surface area contributed by atoms with Gasteiger partial charge >= 0.3 is 0 Å². The molecule has 72 valence electrons. The molecular formula is C7H5ClIN5. The van der Waals surface area contributed by atoms with Gasteiger partial charge in [-0.1, -0.05) is 11.6 Å². The molecule has 0 aliphatic carbocycles. The minimum absolute atomic E-state index is 0.441. The molecule has 2 aromatic heterocycles. The Morgan fingerprint density at radius 1 is 1.43 bits per heavy atom. The van der Waals surface area contributed by atoms with Crippen LogP contribution < -0.4 is 0 Å². The van der Waals surface area contributed by atoms with E-state index < -0.39 is 0 Å². The van der Waals surface area contributed by atoms with E-state index in [4.69, 9.17) is 11.6 Å². The molecule has 0 amide bonds. The molecule has 0 aliphatic rings. The molecule has 14 heavy (non-hydrogen) atoms. The van der Waals surface area contributed by atoms with Gasteiger partial charge in [0.25, 0.3) is 0 Å². The van der Waals surface area contributed by atoms with E-state index in [1.165, 1.54) is 0 Å². The lowest BCUT2D eigenvalue weighted by molar-refractivity contribution is 0.936. The van der Waals surface area contributed by atoms with Crippen molar-refractivity contribution in [1.82, 2.24) is 25.4 Å². The summed E-state index contributed by atoms with van der Waals surface area (Å²) in [5.74, 6) is 0.488. The Bertz CT molecular complexity index is 432. The fourth-order valence-corrected chi connectivity index (χ4v) is 1.41. The molecule has 0 unspecified atom stereocenters. The largest absolute Gasteiger partial charge is 0.231 e. The number of aromatic amines is 1. The van der Waals surface area contributed by atoms with E-state index in [0.29, 0.717) is 16.7 Å². The topological polar surface area (TPSA) is 67.3 Å². The second-order valence-electron chi connectivity index (χ2n) is 2.59. The normalized spacial score (nSPS) is 10.5. The molecule has 0 atom stereocenters. The van der Waals surface area contributed by atoms with Gasteiger partial charge in [0.05, 0.1) is 15.5 Å². The van der Waals surface area contributed by atoms with Crippen LogP contribution in [0.4, 0.5) is 0 Å². The molecule has 2 aromatic rings. The Kier molecular flexibility index (Phi) is 2.64. The first-order valence-corrected chi connectivity index (χ1v) is 5.20. The fraction of sp³-hybridized carbons (Fsp3) is 0.143. The van der Waals surface area contributed by atoms with E-state index in [-0.39, 0.29) is 0 Å². The number of nitrogens with zero attached hydrogens (tertiary/aromatic N) is 4. The van der Waals surface area contributed by atoms with Crippen LogP contribution >= 0.6 is 34.2 Å². The molecule has 0 radical (unpaired) electrons. The van der Waals surface area contributed by atoms with Crippen molar-refractivity contribution < 1.29 is 0 Å². The van der Waals surface area contributed by atoms with Crippen LogP contribution in [0, 0.1) is 10.5 Å². The minimum atomic E-state index is 0.441. The predicted octanol–water partition coefficient (Wildman–Crippen LogP) is 1.83. The molecule has 0 bridgehead atoms. The number of aromatic nitrogens is 5. The fourth-order valence-electron chi connectivity index (χ4n) is 0.948. The third-order valence-electron chi connectivity index (χ3n) is 1.62. The lowest BCUT2D eigenvalue weighted by Crippen LogP contribution is -1.96. The van der Waals surface area contributed by atoms with Crippen molar-refractivity contribution >= 4 is 34.2 Å². The first-order chi connectivity index (χ1) is 6.68. The highest BCUT2D eigenvalue weighted by molar-refractivity contribution is 14.1. The summed E-state index contributed by atoms with van der Waals surface area (Å²) in [7, 11) is 0. The quantitative estimate of drug-likeness (QED) is 0.643. The minimum Gasteiger partial charge on any atom is -0.231 e. The average molecular weight is 322 g/mol. The number of aryl methyl sites for hydroxylation is 1. The van der Waals surface area contributed by atoms with E-state index in [1.807, 2.05) is 6.92 Å². The molecule has 2 rings (SSSR count). The molecule has 1 N–H and O–H groups in total. The number of hydrogen-bond donors (Lipinski definition) is 1. The average Bonchev–Trinajstić information content (AvgIpc) is 2.66. The smallest absolute Gasteiger partial charge is 0.183 e. The van der Waals surface area contributed by atoms with Crippen molar-refractivity contribution in [1.29, 1.82) is 0 Å². The molecule has 0 spiro atoms. The van der Waals surface area contributed by atoms with Crippen LogP contribution in [-0.2, 0) is 0 Å². The van der Waals surface area contributed by atoms with Gasteiger partial charge in [0.1, 0.15) is 10.8 Å².